The molecule has 2 fully saturated rings. The van der Waals surface area contributed by atoms with Crippen LogP contribution in [0.2, 0.25) is 0 Å². The summed E-state index contributed by atoms with van der Waals surface area (Å²) in [4.78, 5) is 0. The van der Waals surface area contributed by atoms with Crippen LogP contribution in [0.4, 0.5) is 17.6 Å². The maximum atomic E-state index is 15.0. The average Bonchev–Trinajstić information content (AvgIpc) is 2.89. The van der Waals surface area contributed by atoms with Crippen molar-refractivity contribution in [3.05, 3.63) is 58.7 Å². The summed E-state index contributed by atoms with van der Waals surface area (Å²) in [5.41, 5.74) is -0.142. The number of benzene rings is 2. The van der Waals surface area contributed by atoms with Gasteiger partial charge in [0.25, 0.3) is 0 Å². The van der Waals surface area contributed by atoms with Crippen LogP contribution >= 0.6 is 0 Å². The average molecular weight is 509 g/mol. The van der Waals surface area contributed by atoms with Gasteiger partial charge in [-0.3, -0.25) is 0 Å². The van der Waals surface area contributed by atoms with Crippen molar-refractivity contribution in [3.8, 4) is 11.1 Å². The molecule has 0 aromatic heterocycles. The van der Waals surface area contributed by atoms with Gasteiger partial charge in [0.05, 0.1) is 12.7 Å². The Balaban J connectivity index is 1.43. The molecule has 3 nitrogen and oxygen atoms in total. The maximum Gasteiger partial charge on any atom is 0.167 e. The SMILES string of the molecule is CCCC1CCC(CCc2ccc(-c3ccc(C4CCC(OCC)OC4)c(F)c3F)c(F)c2F)CO1. The van der Waals surface area contributed by atoms with Crippen LogP contribution in [0.3, 0.4) is 0 Å². The zero-order valence-corrected chi connectivity index (χ0v) is 21.1. The van der Waals surface area contributed by atoms with Crippen molar-refractivity contribution in [2.75, 3.05) is 19.8 Å². The highest BCUT2D eigenvalue weighted by atomic mass is 19.2. The predicted molar refractivity (Wildman–Crippen MR) is 131 cm³/mol. The van der Waals surface area contributed by atoms with Gasteiger partial charge in [0, 0.05) is 30.3 Å². The fourth-order valence-electron chi connectivity index (χ4n) is 5.37. The normalized spacial score (nSPS) is 24.7. The van der Waals surface area contributed by atoms with E-state index in [4.69, 9.17) is 14.2 Å². The molecule has 7 heteroatoms. The van der Waals surface area contributed by atoms with Gasteiger partial charge in [-0.05, 0) is 68.9 Å². The van der Waals surface area contributed by atoms with Crippen molar-refractivity contribution in [1.29, 1.82) is 0 Å². The van der Waals surface area contributed by atoms with Gasteiger partial charge in [0.1, 0.15) is 0 Å². The second-order valence-corrected chi connectivity index (χ2v) is 9.95. The van der Waals surface area contributed by atoms with E-state index in [0.29, 0.717) is 50.9 Å². The molecule has 2 aromatic carbocycles. The topological polar surface area (TPSA) is 27.7 Å². The van der Waals surface area contributed by atoms with Gasteiger partial charge in [-0.15, -0.1) is 0 Å². The van der Waals surface area contributed by atoms with Crippen molar-refractivity contribution in [1.82, 2.24) is 0 Å². The zero-order valence-electron chi connectivity index (χ0n) is 21.1. The van der Waals surface area contributed by atoms with Gasteiger partial charge in [0.15, 0.2) is 29.6 Å². The minimum Gasteiger partial charge on any atom is -0.378 e. The molecular formula is C29H36F4O3. The largest absolute Gasteiger partial charge is 0.378 e. The second kappa shape index (κ2) is 12.5. The molecule has 0 aliphatic carbocycles. The Kier molecular flexibility index (Phi) is 9.42. The lowest BCUT2D eigenvalue weighted by Gasteiger charge is -2.29. The van der Waals surface area contributed by atoms with Gasteiger partial charge in [-0.25, -0.2) is 17.6 Å². The van der Waals surface area contributed by atoms with Crippen LogP contribution in [-0.2, 0) is 20.6 Å². The summed E-state index contributed by atoms with van der Waals surface area (Å²) in [6, 6.07) is 5.59. The Hall–Kier alpha value is -1.96. The molecule has 0 spiro atoms. The summed E-state index contributed by atoms with van der Waals surface area (Å²) < 4.78 is 76.9. The molecule has 4 atom stereocenters. The number of hydrogen-bond donors (Lipinski definition) is 0. The molecule has 4 rings (SSSR count). The fraction of sp³-hybridized carbons (Fsp3) is 0.586. The molecule has 2 aliphatic rings. The molecular weight excluding hydrogens is 472 g/mol. The minimum atomic E-state index is -1.17. The summed E-state index contributed by atoms with van der Waals surface area (Å²) in [6.45, 7) is 5.37. The van der Waals surface area contributed by atoms with Crippen LogP contribution in [0.15, 0.2) is 24.3 Å². The molecule has 0 N–H and O–H groups in total. The summed E-state index contributed by atoms with van der Waals surface area (Å²) in [5, 5.41) is 0. The fourth-order valence-corrected chi connectivity index (χ4v) is 5.37. The second-order valence-electron chi connectivity index (χ2n) is 9.95. The lowest BCUT2D eigenvalue weighted by Crippen LogP contribution is -2.27. The third-order valence-corrected chi connectivity index (χ3v) is 7.49. The van der Waals surface area contributed by atoms with Crippen LogP contribution in [0.25, 0.3) is 11.1 Å². The molecule has 2 aliphatic heterocycles. The Labute approximate surface area is 211 Å². The van der Waals surface area contributed by atoms with Gasteiger partial charge < -0.3 is 14.2 Å². The van der Waals surface area contributed by atoms with E-state index in [1.54, 1.807) is 0 Å². The Morgan fingerprint density at radius 3 is 2.17 bits per heavy atom. The number of halogens is 4. The van der Waals surface area contributed by atoms with E-state index in [9.17, 15) is 4.39 Å². The zero-order chi connectivity index (χ0) is 25.7. The number of rotatable bonds is 9. The van der Waals surface area contributed by atoms with E-state index in [1.807, 2.05) is 6.92 Å². The van der Waals surface area contributed by atoms with E-state index in [2.05, 4.69) is 6.92 Å². The number of ether oxygens (including phenoxy) is 3. The lowest BCUT2D eigenvalue weighted by molar-refractivity contribution is -0.164. The first kappa shape index (κ1) is 27.1. The molecule has 4 unspecified atom stereocenters. The molecule has 2 heterocycles. The van der Waals surface area contributed by atoms with Gasteiger partial charge in [-0.1, -0.05) is 37.6 Å². The lowest BCUT2D eigenvalue weighted by atomic mass is 9.89. The molecule has 0 bridgehead atoms. The van der Waals surface area contributed by atoms with Crippen LogP contribution in [0, 0.1) is 29.2 Å². The van der Waals surface area contributed by atoms with Crippen molar-refractivity contribution in [2.45, 2.75) is 83.5 Å². The van der Waals surface area contributed by atoms with Crippen LogP contribution < -0.4 is 0 Å². The molecule has 0 saturated carbocycles. The van der Waals surface area contributed by atoms with Crippen LogP contribution in [0.5, 0.6) is 0 Å². The van der Waals surface area contributed by atoms with E-state index in [1.165, 1.54) is 24.3 Å². The smallest absolute Gasteiger partial charge is 0.167 e. The maximum absolute atomic E-state index is 15.0. The summed E-state index contributed by atoms with van der Waals surface area (Å²) >= 11 is 0. The van der Waals surface area contributed by atoms with Crippen molar-refractivity contribution >= 4 is 0 Å². The van der Waals surface area contributed by atoms with Crippen molar-refractivity contribution in [3.63, 3.8) is 0 Å². The third-order valence-electron chi connectivity index (χ3n) is 7.49. The van der Waals surface area contributed by atoms with Crippen LogP contribution in [-0.4, -0.2) is 32.2 Å². The van der Waals surface area contributed by atoms with E-state index in [0.717, 1.165) is 25.7 Å². The van der Waals surface area contributed by atoms with Gasteiger partial charge in [-0.2, -0.15) is 0 Å². The molecule has 198 valence electrons. The monoisotopic (exact) mass is 508 g/mol. The van der Waals surface area contributed by atoms with Gasteiger partial charge in [0.2, 0.25) is 0 Å². The summed E-state index contributed by atoms with van der Waals surface area (Å²) in [7, 11) is 0. The summed E-state index contributed by atoms with van der Waals surface area (Å²) in [5.74, 6) is -4.38. The molecule has 2 aromatic rings. The first-order valence-corrected chi connectivity index (χ1v) is 13.2. The first-order valence-electron chi connectivity index (χ1n) is 13.2. The minimum absolute atomic E-state index is 0.180. The highest BCUT2D eigenvalue weighted by Gasteiger charge is 2.28. The first-order chi connectivity index (χ1) is 17.4. The van der Waals surface area contributed by atoms with Crippen molar-refractivity contribution < 1.29 is 31.8 Å². The van der Waals surface area contributed by atoms with E-state index >= 15 is 13.2 Å². The van der Waals surface area contributed by atoms with E-state index in [-0.39, 0.29) is 41.1 Å². The van der Waals surface area contributed by atoms with Crippen molar-refractivity contribution in [2.24, 2.45) is 5.92 Å². The summed E-state index contributed by atoms with van der Waals surface area (Å²) in [6.07, 6.45) is 6.35. The van der Waals surface area contributed by atoms with Crippen LogP contribution in [0.1, 0.15) is 75.8 Å². The Morgan fingerprint density at radius 1 is 0.778 bits per heavy atom. The molecule has 36 heavy (non-hydrogen) atoms. The Morgan fingerprint density at radius 2 is 1.53 bits per heavy atom. The third kappa shape index (κ3) is 6.12. The molecule has 0 amide bonds. The molecule has 2 saturated heterocycles. The van der Waals surface area contributed by atoms with Gasteiger partial charge >= 0.3 is 0 Å². The highest BCUT2D eigenvalue weighted by molar-refractivity contribution is 5.66. The predicted octanol–water partition coefficient (Wildman–Crippen LogP) is 7.69. The number of hydrogen-bond acceptors (Lipinski definition) is 3. The quantitative estimate of drug-likeness (QED) is 0.325. The Bertz CT molecular complexity index is 1010. The highest BCUT2D eigenvalue weighted by Crippen LogP contribution is 2.36. The number of aryl methyl sites for hydroxylation is 1. The standard InChI is InChI=1S/C29H36F4O3/c1-3-5-21-11-7-18(16-35-21)6-8-19-9-12-23(28(32)26(19)30)24-14-13-22(27(31)29(24)33)20-10-15-25(34-4-2)36-17-20/h9,12-14,18,20-21,25H,3-8,10-11,15-17H2,1-2H3. The molecule has 0 radical (unpaired) electrons. The van der Waals surface area contributed by atoms with E-state index < -0.39 is 23.3 Å².